The molecule has 2 aromatic rings. The molecule has 0 spiro atoms. The highest BCUT2D eigenvalue weighted by atomic mass is 16.4. The van der Waals surface area contributed by atoms with Gasteiger partial charge in [0.05, 0.1) is 5.57 Å². The lowest BCUT2D eigenvalue weighted by Crippen LogP contribution is -1.98. The van der Waals surface area contributed by atoms with Gasteiger partial charge in [0.2, 0.25) is 0 Å². The second kappa shape index (κ2) is 3.58. The van der Waals surface area contributed by atoms with E-state index in [-0.39, 0.29) is 5.57 Å². The predicted molar refractivity (Wildman–Crippen MR) is 60.6 cm³/mol. The first-order chi connectivity index (χ1) is 7.20. The smallest absolute Gasteiger partial charge is 0.335 e. The molecule has 1 N–H and O–H groups in total. The molecule has 2 rings (SSSR count). The van der Waals surface area contributed by atoms with E-state index in [2.05, 4.69) is 6.58 Å². The molecule has 0 saturated carbocycles. The SMILES string of the molecule is C=C(C(=O)O)c1cccc2ccccc12. The third-order valence-electron chi connectivity index (χ3n) is 2.37. The summed E-state index contributed by atoms with van der Waals surface area (Å²) in [6.07, 6.45) is 0. The van der Waals surface area contributed by atoms with Gasteiger partial charge in [0, 0.05) is 0 Å². The summed E-state index contributed by atoms with van der Waals surface area (Å²) in [4.78, 5) is 10.8. The minimum absolute atomic E-state index is 0.131. The number of hydrogen-bond donors (Lipinski definition) is 1. The lowest BCUT2D eigenvalue weighted by Gasteiger charge is -2.05. The van der Waals surface area contributed by atoms with E-state index >= 15 is 0 Å². The van der Waals surface area contributed by atoms with Gasteiger partial charge in [0.15, 0.2) is 0 Å². The minimum Gasteiger partial charge on any atom is -0.478 e. The van der Waals surface area contributed by atoms with Crippen molar-refractivity contribution >= 4 is 22.3 Å². The minimum atomic E-state index is -0.980. The summed E-state index contributed by atoms with van der Waals surface area (Å²) in [5, 5.41) is 10.8. The second-order valence-electron chi connectivity index (χ2n) is 3.31. The first-order valence-corrected chi connectivity index (χ1v) is 4.60. The Morgan fingerprint density at radius 1 is 1.07 bits per heavy atom. The fraction of sp³-hybridized carbons (Fsp3) is 0. The Morgan fingerprint density at radius 2 is 1.73 bits per heavy atom. The Bertz CT molecular complexity index is 536. The molecule has 2 heteroatoms. The summed E-state index contributed by atoms with van der Waals surface area (Å²) in [6.45, 7) is 3.58. The molecule has 0 unspecified atom stereocenters. The third-order valence-corrected chi connectivity index (χ3v) is 2.37. The van der Waals surface area contributed by atoms with Crippen LogP contribution in [0.1, 0.15) is 5.56 Å². The molecule has 0 heterocycles. The molecule has 0 saturated heterocycles. The molecule has 2 aromatic carbocycles. The number of hydrogen-bond acceptors (Lipinski definition) is 1. The van der Waals surface area contributed by atoms with E-state index in [9.17, 15) is 4.79 Å². The van der Waals surface area contributed by atoms with Gasteiger partial charge in [-0.25, -0.2) is 4.79 Å². The normalized spacial score (nSPS) is 10.1. The first-order valence-electron chi connectivity index (χ1n) is 4.60. The van der Waals surface area contributed by atoms with Gasteiger partial charge >= 0.3 is 5.97 Å². The molecule has 2 nitrogen and oxygen atoms in total. The Morgan fingerprint density at radius 3 is 2.47 bits per heavy atom. The van der Waals surface area contributed by atoms with Crippen LogP contribution in [0.25, 0.3) is 16.3 Å². The summed E-state index contributed by atoms with van der Waals surface area (Å²) in [5.41, 5.74) is 0.812. The van der Waals surface area contributed by atoms with E-state index < -0.39 is 5.97 Å². The van der Waals surface area contributed by atoms with E-state index in [1.165, 1.54) is 0 Å². The van der Waals surface area contributed by atoms with Gasteiger partial charge in [-0.2, -0.15) is 0 Å². The fourth-order valence-corrected chi connectivity index (χ4v) is 1.60. The van der Waals surface area contributed by atoms with Crippen LogP contribution in [-0.2, 0) is 4.79 Å². The number of carboxylic acids is 1. The summed E-state index contributed by atoms with van der Waals surface area (Å²) < 4.78 is 0. The fourth-order valence-electron chi connectivity index (χ4n) is 1.60. The maximum atomic E-state index is 10.8. The van der Waals surface area contributed by atoms with Crippen LogP contribution in [0.3, 0.4) is 0 Å². The predicted octanol–water partition coefficient (Wildman–Crippen LogP) is 2.94. The number of rotatable bonds is 2. The van der Waals surface area contributed by atoms with Crippen LogP contribution in [-0.4, -0.2) is 11.1 Å². The molecule has 0 radical (unpaired) electrons. The van der Waals surface area contributed by atoms with Crippen molar-refractivity contribution in [2.75, 3.05) is 0 Å². The Balaban J connectivity index is 2.71. The maximum Gasteiger partial charge on any atom is 0.335 e. The second-order valence-corrected chi connectivity index (χ2v) is 3.31. The molecular formula is C13H10O2. The number of aliphatic carboxylic acids is 1. The summed E-state index contributed by atoms with van der Waals surface area (Å²) in [6, 6.07) is 13.2. The average Bonchev–Trinajstić information content (AvgIpc) is 2.27. The van der Waals surface area contributed by atoms with E-state index in [1.54, 1.807) is 6.07 Å². The van der Waals surface area contributed by atoms with Crippen LogP contribution < -0.4 is 0 Å². The van der Waals surface area contributed by atoms with Gasteiger partial charge in [-0.05, 0) is 16.3 Å². The lowest BCUT2D eigenvalue weighted by molar-refractivity contribution is -0.130. The molecule has 0 fully saturated rings. The van der Waals surface area contributed by atoms with Gasteiger partial charge in [0.1, 0.15) is 0 Å². The molecule has 0 bridgehead atoms. The summed E-state index contributed by atoms with van der Waals surface area (Å²) in [7, 11) is 0. The first kappa shape index (κ1) is 9.46. The van der Waals surface area contributed by atoms with E-state index in [0.29, 0.717) is 5.56 Å². The topological polar surface area (TPSA) is 37.3 Å². The maximum absolute atomic E-state index is 10.8. The zero-order chi connectivity index (χ0) is 10.8. The third kappa shape index (κ3) is 1.62. The van der Waals surface area contributed by atoms with E-state index in [4.69, 9.17) is 5.11 Å². The van der Waals surface area contributed by atoms with Gasteiger partial charge in [-0.3, -0.25) is 0 Å². The Hall–Kier alpha value is -2.09. The van der Waals surface area contributed by atoms with Crippen molar-refractivity contribution in [2.24, 2.45) is 0 Å². The molecule has 0 atom stereocenters. The highest BCUT2D eigenvalue weighted by Crippen LogP contribution is 2.23. The molecule has 0 aliphatic heterocycles. The molecule has 15 heavy (non-hydrogen) atoms. The molecule has 74 valence electrons. The molecule has 0 aromatic heterocycles. The highest BCUT2D eigenvalue weighted by molar-refractivity contribution is 6.18. The van der Waals surface area contributed by atoms with Crippen LogP contribution in [0.5, 0.6) is 0 Å². The molecule has 0 aliphatic rings. The zero-order valence-electron chi connectivity index (χ0n) is 8.10. The zero-order valence-corrected chi connectivity index (χ0v) is 8.10. The van der Waals surface area contributed by atoms with Gasteiger partial charge in [0.25, 0.3) is 0 Å². The van der Waals surface area contributed by atoms with Gasteiger partial charge < -0.3 is 5.11 Å². The van der Waals surface area contributed by atoms with E-state index in [0.717, 1.165) is 10.8 Å². The summed E-state index contributed by atoms with van der Waals surface area (Å²) in [5.74, 6) is -0.980. The van der Waals surface area contributed by atoms with Crippen molar-refractivity contribution in [1.82, 2.24) is 0 Å². The monoisotopic (exact) mass is 198 g/mol. The van der Waals surface area contributed by atoms with Crippen LogP contribution in [0.15, 0.2) is 49.0 Å². The number of carboxylic acid groups (broad SMARTS) is 1. The van der Waals surface area contributed by atoms with Crippen molar-refractivity contribution < 1.29 is 9.90 Å². The highest BCUT2D eigenvalue weighted by Gasteiger charge is 2.09. The largest absolute Gasteiger partial charge is 0.478 e. The van der Waals surface area contributed by atoms with Crippen molar-refractivity contribution in [1.29, 1.82) is 0 Å². The number of fused-ring (bicyclic) bond motifs is 1. The van der Waals surface area contributed by atoms with Crippen molar-refractivity contribution in [2.45, 2.75) is 0 Å². The molecular weight excluding hydrogens is 188 g/mol. The van der Waals surface area contributed by atoms with Crippen LogP contribution in [0, 0.1) is 0 Å². The van der Waals surface area contributed by atoms with Crippen LogP contribution in [0.2, 0.25) is 0 Å². The van der Waals surface area contributed by atoms with Crippen molar-refractivity contribution in [3.8, 4) is 0 Å². The standard InChI is InChI=1S/C13H10O2/c1-9(13(14)15)11-8-4-6-10-5-2-3-7-12(10)11/h2-8H,1H2,(H,14,15). The van der Waals surface area contributed by atoms with Gasteiger partial charge in [-0.15, -0.1) is 0 Å². The van der Waals surface area contributed by atoms with Crippen molar-refractivity contribution in [3.05, 3.63) is 54.6 Å². The number of benzene rings is 2. The lowest BCUT2D eigenvalue weighted by atomic mass is 9.99. The molecule has 0 aliphatic carbocycles. The van der Waals surface area contributed by atoms with Crippen LogP contribution in [0.4, 0.5) is 0 Å². The Kier molecular flexibility index (Phi) is 2.26. The number of carbonyl (C=O) groups is 1. The van der Waals surface area contributed by atoms with Gasteiger partial charge in [-0.1, -0.05) is 49.0 Å². The van der Waals surface area contributed by atoms with Crippen molar-refractivity contribution in [3.63, 3.8) is 0 Å². The quantitative estimate of drug-likeness (QED) is 0.753. The van der Waals surface area contributed by atoms with Crippen LogP contribution >= 0.6 is 0 Å². The Labute approximate surface area is 87.5 Å². The summed E-state index contributed by atoms with van der Waals surface area (Å²) >= 11 is 0. The molecule has 0 amide bonds. The van der Waals surface area contributed by atoms with E-state index in [1.807, 2.05) is 36.4 Å². The average molecular weight is 198 g/mol.